The van der Waals surface area contributed by atoms with Gasteiger partial charge < -0.3 is 29.2 Å². The number of rotatable bonds is 4. The Morgan fingerprint density at radius 2 is 1.47 bits per heavy atom. The van der Waals surface area contributed by atoms with Crippen molar-refractivity contribution in [2.45, 2.75) is 6.18 Å². The first-order chi connectivity index (χ1) is 18.2. The van der Waals surface area contributed by atoms with E-state index in [9.17, 15) is 18.0 Å². The molecule has 3 aliphatic heterocycles. The number of nitrogens with zero attached hydrogens (tertiary/aromatic N) is 5. The smallest absolute Gasteiger partial charge is 0.416 e. The fraction of sp³-hybridized carbons (Fsp3) is 0.464. The van der Waals surface area contributed by atoms with Gasteiger partial charge >= 0.3 is 6.18 Å². The molecule has 204 valence electrons. The molecule has 0 N–H and O–H groups in total. The normalized spacial score (nSPS) is 21.5. The number of likely N-dealkylation sites (N-methyl/N-ethyl adjacent to an activating group) is 2. The number of para-hydroxylation sites is 1. The van der Waals surface area contributed by atoms with Gasteiger partial charge in [-0.15, -0.1) is 0 Å². The highest BCUT2D eigenvalue weighted by Gasteiger charge is 2.36. The number of hydrogen-bond donors (Lipinski definition) is 0. The molecule has 1 amide bonds. The summed E-state index contributed by atoms with van der Waals surface area (Å²) in [7, 11) is 4.18. The average molecular weight is 530 g/mol. The number of benzene rings is 2. The monoisotopic (exact) mass is 529 g/mol. The summed E-state index contributed by atoms with van der Waals surface area (Å²) < 4.78 is 46.3. The second kappa shape index (κ2) is 10.9. The Kier molecular flexibility index (Phi) is 7.54. The van der Waals surface area contributed by atoms with Crippen molar-refractivity contribution in [3.05, 3.63) is 65.4 Å². The van der Waals surface area contributed by atoms with Crippen LogP contribution in [0.15, 0.2) is 54.3 Å². The van der Waals surface area contributed by atoms with Gasteiger partial charge in [-0.2, -0.15) is 13.2 Å². The van der Waals surface area contributed by atoms with E-state index in [0.717, 1.165) is 62.7 Å². The molecule has 0 bridgehead atoms. The van der Waals surface area contributed by atoms with Crippen LogP contribution in [0.5, 0.6) is 0 Å². The van der Waals surface area contributed by atoms with Crippen LogP contribution in [-0.2, 0) is 15.7 Å². The van der Waals surface area contributed by atoms with E-state index in [1.807, 2.05) is 18.2 Å². The average Bonchev–Trinajstić information content (AvgIpc) is 2.91. The van der Waals surface area contributed by atoms with Crippen LogP contribution in [0.2, 0.25) is 0 Å². The zero-order valence-electron chi connectivity index (χ0n) is 21.9. The van der Waals surface area contributed by atoms with Crippen LogP contribution in [0.4, 0.5) is 24.5 Å². The lowest BCUT2D eigenvalue weighted by Gasteiger charge is -2.40. The van der Waals surface area contributed by atoms with Crippen LogP contribution in [-0.4, -0.2) is 100 Å². The molecule has 3 heterocycles. The van der Waals surface area contributed by atoms with Gasteiger partial charge in [0.05, 0.1) is 17.8 Å². The van der Waals surface area contributed by atoms with Crippen molar-refractivity contribution in [2.24, 2.45) is 0 Å². The van der Waals surface area contributed by atoms with E-state index in [1.54, 1.807) is 6.07 Å². The van der Waals surface area contributed by atoms with Gasteiger partial charge in [0.1, 0.15) is 6.61 Å². The van der Waals surface area contributed by atoms with Crippen molar-refractivity contribution < 1.29 is 22.7 Å². The van der Waals surface area contributed by atoms with Crippen molar-refractivity contribution in [3.8, 4) is 0 Å². The van der Waals surface area contributed by atoms with E-state index in [-0.39, 0.29) is 24.6 Å². The number of piperazine rings is 2. The summed E-state index contributed by atoms with van der Waals surface area (Å²) in [6.45, 7) is 7.08. The highest BCUT2D eigenvalue weighted by molar-refractivity contribution is 6.10. The zero-order chi connectivity index (χ0) is 26.9. The number of anilines is 2. The molecule has 0 saturated carbocycles. The van der Waals surface area contributed by atoms with E-state index in [1.165, 1.54) is 11.0 Å². The molecule has 3 saturated heterocycles. The highest BCUT2D eigenvalue weighted by atomic mass is 19.4. The molecule has 0 aliphatic carbocycles. The molecule has 10 heteroatoms. The van der Waals surface area contributed by atoms with Gasteiger partial charge in [0.2, 0.25) is 5.76 Å². The van der Waals surface area contributed by atoms with Gasteiger partial charge in [0, 0.05) is 69.3 Å². The van der Waals surface area contributed by atoms with Crippen LogP contribution in [0.25, 0.3) is 5.70 Å². The molecule has 0 aromatic heterocycles. The Bertz CT molecular complexity index is 1190. The molecule has 0 unspecified atom stereocenters. The van der Waals surface area contributed by atoms with Gasteiger partial charge in [-0.3, -0.25) is 4.79 Å². The highest BCUT2D eigenvalue weighted by Crippen LogP contribution is 2.37. The van der Waals surface area contributed by atoms with Crippen molar-refractivity contribution in [2.75, 3.05) is 89.4 Å². The molecule has 0 spiro atoms. The van der Waals surface area contributed by atoms with Gasteiger partial charge in [-0.1, -0.05) is 24.3 Å². The lowest BCUT2D eigenvalue weighted by Crippen LogP contribution is -2.47. The molecule has 38 heavy (non-hydrogen) atoms. The molecule has 7 nitrogen and oxygen atoms in total. The molecule has 0 radical (unpaired) electrons. The van der Waals surface area contributed by atoms with E-state index >= 15 is 0 Å². The fourth-order valence-electron chi connectivity index (χ4n) is 5.25. The molecule has 3 fully saturated rings. The van der Waals surface area contributed by atoms with Crippen LogP contribution in [0.1, 0.15) is 11.1 Å². The Hall–Kier alpha value is -3.24. The molecule has 3 aliphatic rings. The second-order valence-corrected chi connectivity index (χ2v) is 10.1. The Morgan fingerprint density at radius 3 is 2.16 bits per heavy atom. The largest absolute Gasteiger partial charge is 0.484 e. The van der Waals surface area contributed by atoms with Gasteiger partial charge in [-0.25, -0.2) is 0 Å². The third-order valence-corrected chi connectivity index (χ3v) is 7.52. The summed E-state index contributed by atoms with van der Waals surface area (Å²) in [4.78, 5) is 24.4. The molecule has 0 atom stereocenters. The van der Waals surface area contributed by atoms with E-state index in [0.29, 0.717) is 18.8 Å². The third kappa shape index (κ3) is 5.47. The summed E-state index contributed by atoms with van der Waals surface area (Å²) >= 11 is 0. The molecular weight excluding hydrogens is 495 g/mol. The van der Waals surface area contributed by atoms with Crippen LogP contribution in [0, 0.1) is 0 Å². The van der Waals surface area contributed by atoms with Crippen LogP contribution in [0.3, 0.4) is 0 Å². The number of carbonyl (C=O) groups excluding carboxylic acids is 1. The number of ether oxygens (including phenoxy) is 1. The minimum absolute atomic E-state index is 0.180. The summed E-state index contributed by atoms with van der Waals surface area (Å²) in [5.74, 6) is -0.225. The SMILES string of the molecule is CN1CCN(C(=C2OCCN(c3cccc(C(F)(F)F)c3)C2=O)c2ccccc2N2CCN(C)CC2)CC1. The number of alkyl halides is 3. The van der Waals surface area contributed by atoms with E-state index < -0.39 is 17.6 Å². The van der Waals surface area contributed by atoms with E-state index in [4.69, 9.17) is 4.74 Å². The van der Waals surface area contributed by atoms with Crippen molar-refractivity contribution >= 4 is 23.0 Å². The number of halogens is 3. The lowest BCUT2D eigenvalue weighted by molar-refractivity contribution is -0.137. The standard InChI is InChI=1S/C28H34F3N5O2/c1-32-10-14-34(15-11-32)24-9-4-3-8-23(24)25(35-16-12-33(2)13-17-35)26-27(37)36(18-19-38-26)22-7-5-6-21(20-22)28(29,30)31/h3-9,20H,10-19H2,1-2H3. The van der Waals surface area contributed by atoms with Gasteiger partial charge in [0.25, 0.3) is 5.91 Å². The number of hydrogen-bond acceptors (Lipinski definition) is 6. The summed E-state index contributed by atoms with van der Waals surface area (Å²) in [5, 5.41) is 0. The molecule has 5 rings (SSSR count). The minimum Gasteiger partial charge on any atom is -0.484 e. The molecular formula is C28H34F3N5O2. The predicted molar refractivity (Wildman–Crippen MR) is 142 cm³/mol. The minimum atomic E-state index is -4.49. The first-order valence-electron chi connectivity index (χ1n) is 13.0. The topological polar surface area (TPSA) is 42.5 Å². The van der Waals surface area contributed by atoms with Crippen LogP contribution < -0.4 is 9.80 Å². The maximum Gasteiger partial charge on any atom is 0.416 e. The fourth-order valence-corrected chi connectivity index (χ4v) is 5.25. The van der Waals surface area contributed by atoms with Crippen molar-refractivity contribution in [1.82, 2.24) is 14.7 Å². The van der Waals surface area contributed by atoms with Crippen molar-refractivity contribution in [3.63, 3.8) is 0 Å². The quantitative estimate of drug-likeness (QED) is 0.566. The third-order valence-electron chi connectivity index (χ3n) is 7.52. The second-order valence-electron chi connectivity index (χ2n) is 10.1. The summed E-state index contributed by atoms with van der Waals surface area (Å²) in [5.41, 5.74) is 2.11. The zero-order valence-corrected chi connectivity index (χ0v) is 21.9. The Labute approximate surface area is 221 Å². The number of amides is 1. The molecule has 2 aromatic carbocycles. The molecule has 2 aromatic rings. The number of morpholine rings is 1. The lowest BCUT2D eigenvalue weighted by atomic mass is 10.0. The van der Waals surface area contributed by atoms with Gasteiger partial charge in [-0.05, 0) is 38.4 Å². The maximum atomic E-state index is 13.9. The predicted octanol–water partition coefficient (Wildman–Crippen LogP) is 3.44. The van der Waals surface area contributed by atoms with Crippen LogP contribution >= 0.6 is 0 Å². The number of carbonyl (C=O) groups is 1. The first kappa shape index (κ1) is 26.4. The maximum absolute atomic E-state index is 13.9. The summed E-state index contributed by atoms with van der Waals surface area (Å²) in [6, 6.07) is 13.0. The first-order valence-corrected chi connectivity index (χ1v) is 13.0. The van der Waals surface area contributed by atoms with Crippen molar-refractivity contribution in [1.29, 1.82) is 0 Å². The Balaban J connectivity index is 1.58. The van der Waals surface area contributed by atoms with E-state index in [2.05, 4.69) is 39.8 Å². The summed E-state index contributed by atoms with van der Waals surface area (Å²) in [6.07, 6.45) is -4.49. The Morgan fingerprint density at radius 1 is 0.816 bits per heavy atom. The van der Waals surface area contributed by atoms with Gasteiger partial charge in [0.15, 0.2) is 0 Å².